The standard InChI is InChI=1S/C30H30ClNO5/c1-2-3-4-19-37-25-15-9-22(10-16-25)28(34)26-27(21-7-13-24(33)14-8-21)32(30(36)29(26)35)18-17-20-5-11-23(31)12-6-20/h5-16,27,33-34H,2-4,17-19H2,1H3/b28-26-. The molecule has 0 spiro atoms. The predicted molar refractivity (Wildman–Crippen MR) is 144 cm³/mol. The summed E-state index contributed by atoms with van der Waals surface area (Å²) in [4.78, 5) is 27.8. The fraction of sp³-hybridized carbons (Fsp3) is 0.267. The zero-order valence-electron chi connectivity index (χ0n) is 20.7. The summed E-state index contributed by atoms with van der Waals surface area (Å²) in [6, 6.07) is 19.7. The smallest absolute Gasteiger partial charge is 0.295 e. The third-order valence-electron chi connectivity index (χ3n) is 6.45. The molecule has 1 unspecified atom stereocenters. The van der Waals surface area contributed by atoms with Crippen molar-refractivity contribution in [3.8, 4) is 11.5 Å². The summed E-state index contributed by atoms with van der Waals surface area (Å²) in [6.45, 7) is 3.00. The number of benzene rings is 3. The number of phenolic OH excluding ortho intramolecular Hbond substituents is 1. The number of hydrogen-bond acceptors (Lipinski definition) is 5. The largest absolute Gasteiger partial charge is 0.508 e. The number of aliphatic hydroxyl groups excluding tert-OH is 1. The highest BCUT2D eigenvalue weighted by Gasteiger charge is 2.45. The van der Waals surface area contributed by atoms with E-state index in [0.717, 1.165) is 24.8 Å². The number of likely N-dealkylation sites (tertiary alicyclic amines) is 1. The maximum absolute atomic E-state index is 13.2. The lowest BCUT2D eigenvalue weighted by Crippen LogP contribution is -2.31. The molecule has 192 valence electrons. The van der Waals surface area contributed by atoms with E-state index >= 15 is 0 Å². The van der Waals surface area contributed by atoms with Crippen LogP contribution in [-0.2, 0) is 16.0 Å². The molecule has 3 aromatic rings. The van der Waals surface area contributed by atoms with Crippen LogP contribution in [-0.4, -0.2) is 40.0 Å². The Labute approximate surface area is 221 Å². The van der Waals surface area contributed by atoms with E-state index in [1.807, 2.05) is 12.1 Å². The minimum absolute atomic E-state index is 0.0170. The van der Waals surface area contributed by atoms with Gasteiger partial charge in [0.25, 0.3) is 11.7 Å². The fourth-order valence-corrected chi connectivity index (χ4v) is 4.55. The molecule has 0 aromatic heterocycles. The second kappa shape index (κ2) is 12.0. The lowest BCUT2D eigenvalue weighted by molar-refractivity contribution is -0.139. The Bertz CT molecular complexity index is 1270. The molecule has 0 aliphatic carbocycles. The van der Waals surface area contributed by atoms with Crippen LogP contribution in [0.1, 0.15) is 48.9 Å². The van der Waals surface area contributed by atoms with Gasteiger partial charge in [-0.2, -0.15) is 0 Å². The molecule has 2 N–H and O–H groups in total. The first kappa shape index (κ1) is 26.3. The summed E-state index contributed by atoms with van der Waals surface area (Å²) < 4.78 is 5.75. The molecule has 0 bridgehead atoms. The second-order valence-electron chi connectivity index (χ2n) is 9.04. The second-order valence-corrected chi connectivity index (χ2v) is 9.48. The lowest BCUT2D eigenvalue weighted by Gasteiger charge is -2.25. The third kappa shape index (κ3) is 6.15. The maximum atomic E-state index is 13.2. The molecular formula is C30H30ClNO5. The van der Waals surface area contributed by atoms with Gasteiger partial charge in [0, 0.05) is 17.1 Å². The van der Waals surface area contributed by atoms with Crippen LogP contribution in [0.2, 0.25) is 5.02 Å². The van der Waals surface area contributed by atoms with Gasteiger partial charge in [0.2, 0.25) is 0 Å². The van der Waals surface area contributed by atoms with E-state index in [1.54, 1.807) is 48.5 Å². The number of amides is 1. The molecule has 1 aliphatic heterocycles. The molecule has 1 amide bonds. The van der Waals surface area contributed by atoms with Crippen molar-refractivity contribution in [2.75, 3.05) is 13.2 Å². The van der Waals surface area contributed by atoms with Crippen LogP contribution in [0.5, 0.6) is 11.5 Å². The van der Waals surface area contributed by atoms with Gasteiger partial charge in [0.05, 0.1) is 18.2 Å². The zero-order valence-corrected chi connectivity index (χ0v) is 21.4. The number of phenols is 1. The van der Waals surface area contributed by atoms with Crippen LogP contribution in [0.4, 0.5) is 0 Å². The van der Waals surface area contributed by atoms with E-state index in [2.05, 4.69) is 6.92 Å². The van der Waals surface area contributed by atoms with E-state index in [4.69, 9.17) is 16.3 Å². The van der Waals surface area contributed by atoms with E-state index < -0.39 is 17.7 Å². The van der Waals surface area contributed by atoms with Gasteiger partial charge in [-0.25, -0.2) is 0 Å². The number of rotatable bonds is 10. The highest BCUT2D eigenvalue weighted by molar-refractivity contribution is 6.46. The van der Waals surface area contributed by atoms with E-state index in [1.165, 1.54) is 17.0 Å². The van der Waals surface area contributed by atoms with Crippen molar-refractivity contribution in [2.24, 2.45) is 0 Å². The molecule has 1 heterocycles. The van der Waals surface area contributed by atoms with Crippen LogP contribution in [0.25, 0.3) is 5.76 Å². The number of halogens is 1. The molecule has 0 radical (unpaired) electrons. The average molecular weight is 520 g/mol. The van der Waals surface area contributed by atoms with Crippen molar-refractivity contribution in [1.29, 1.82) is 0 Å². The number of ether oxygens (including phenoxy) is 1. The SMILES string of the molecule is CCCCCOc1ccc(/C(O)=C2/C(=O)C(=O)N(CCc3ccc(Cl)cc3)C2c2ccc(O)cc2)cc1. The van der Waals surface area contributed by atoms with Gasteiger partial charge in [-0.3, -0.25) is 9.59 Å². The minimum Gasteiger partial charge on any atom is -0.508 e. The molecule has 1 atom stereocenters. The van der Waals surface area contributed by atoms with Gasteiger partial charge >= 0.3 is 0 Å². The summed E-state index contributed by atoms with van der Waals surface area (Å²) in [5, 5.41) is 21.6. The summed E-state index contributed by atoms with van der Waals surface area (Å²) in [5.74, 6) is -0.929. The number of unbranched alkanes of at least 4 members (excludes halogenated alkanes) is 2. The monoisotopic (exact) mass is 519 g/mol. The van der Waals surface area contributed by atoms with Crippen molar-refractivity contribution in [2.45, 2.75) is 38.6 Å². The maximum Gasteiger partial charge on any atom is 0.295 e. The van der Waals surface area contributed by atoms with Crippen LogP contribution in [0.15, 0.2) is 78.4 Å². The minimum atomic E-state index is -0.794. The zero-order chi connectivity index (χ0) is 26.4. The van der Waals surface area contributed by atoms with Gasteiger partial charge in [-0.1, -0.05) is 55.6 Å². The molecular weight excluding hydrogens is 490 g/mol. The number of ketones is 1. The van der Waals surface area contributed by atoms with Crippen molar-refractivity contribution in [3.05, 3.63) is 100 Å². The first-order valence-electron chi connectivity index (χ1n) is 12.4. The Morgan fingerprint density at radius 1 is 0.946 bits per heavy atom. The van der Waals surface area contributed by atoms with Gasteiger partial charge in [0.15, 0.2) is 0 Å². The Hall–Kier alpha value is -3.77. The topological polar surface area (TPSA) is 87.1 Å². The number of Topliss-reactive ketones (excluding diaryl/α,β-unsaturated/α-hetero) is 1. The highest BCUT2D eigenvalue weighted by Crippen LogP contribution is 2.40. The summed E-state index contributed by atoms with van der Waals surface area (Å²) in [7, 11) is 0. The van der Waals surface area contributed by atoms with E-state index in [9.17, 15) is 19.8 Å². The van der Waals surface area contributed by atoms with Crippen molar-refractivity contribution < 1.29 is 24.5 Å². The Morgan fingerprint density at radius 2 is 1.62 bits per heavy atom. The number of hydrogen-bond donors (Lipinski definition) is 2. The van der Waals surface area contributed by atoms with E-state index in [-0.39, 0.29) is 23.6 Å². The Kier molecular flexibility index (Phi) is 8.51. The number of aliphatic hydroxyl groups is 1. The third-order valence-corrected chi connectivity index (χ3v) is 6.70. The lowest BCUT2D eigenvalue weighted by atomic mass is 9.95. The predicted octanol–water partition coefficient (Wildman–Crippen LogP) is 6.28. The summed E-state index contributed by atoms with van der Waals surface area (Å²) in [5.41, 5.74) is 2.01. The molecule has 37 heavy (non-hydrogen) atoms. The normalized spacial score (nSPS) is 16.8. The molecule has 0 saturated carbocycles. The summed E-state index contributed by atoms with van der Waals surface area (Å²) in [6.07, 6.45) is 3.66. The van der Waals surface area contributed by atoms with Crippen LogP contribution in [0.3, 0.4) is 0 Å². The Morgan fingerprint density at radius 3 is 2.27 bits per heavy atom. The van der Waals surface area contributed by atoms with Crippen LogP contribution >= 0.6 is 11.6 Å². The Balaban J connectivity index is 1.65. The molecule has 1 saturated heterocycles. The first-order valence-corrected chi connectivity index (χ1v) is 12.8. The van der Waals surface area contributed by atoms with Crippen molar-refractivity contribution in [1.82, 2.24) is 4.90 Å². The summed E-state index contributed by atoms with van der Waals surface area (Å²) >= 11 is 5.99. The fourth-order valence-electron chi connectivity index (χ4n) is 4.42. The van der Waals surface area contributed by atoms with Gasteiger partial charge in [-0.05, 0) is 72.5 Å². The van der Waals surface area contributed by atoms with Crippen molar-refractivity contribution >= 4 is 29.1 Å². The van der Waals surface area contributed by atoms with Gasteiger partial charge in [0.1, 0.15) is 17.3 Å². The van der Waals surface area contributed by atoms with Gasteiger partial charge in [-0.15, -0.1) is 0 Å². The van der Waals surface area contributed by atoms with E-state index in [0.29, 0.717) is 34.9 Å². The van der Waals surface area contributed by atoms with Crippen LogP contribution in [0, 0.1) is 0 Å². The highest BCUT2D eigenvalue weighted by atomic mass is 35.5. The molecule has 7 heteroatoms. The number of aromatic hydroxyl groups is 1. The van der Waals surface area contributed by atoms with Gasteiger partial charge < -0.3 is 19.8 Å². The molecule has 3 aromatic carbocycles. The molecule has 6 nitrogen and oxygen atoms in total. The number of nitrogens with zero attached hydrogens (tertiary/aromatic N) is 1. The molecule has 1 aliphatic rings. The quantitative estimate of drug-likeness (QED) is 0.142. The average Bonchev–Trinajstić information content (AvgIpc) is 3.16. The first-order chi connectivity index (χ1) is 17.9. The number of carbonyl (C=O) groups excluding carboxylic acids is 2. The molecule has 4 rings (SSSR count). The molecule has 1 fully saturated rings. The van der Waals surface area contributed by atoms with Crippen molar-refractivity contribution in [3.63, 3.8) is 0 Å². The van der Waals surface area contributed by atoms with Crippen LogP contribution < -0.4 is 4.74 Å². The number of carbonyl (C=O) groups is 2.